The Bertz CT molecular complexity index is 359. The predicted molar refractivity (Wildman–Crippen MR) is 58.1 cm³/mol. The third-order valence-electron chi connectivity index (χ3n) is 1.62. The molecule has 76 valence electrons. The summed E-state index contributed by atoms with van der Waals surface area (Å²) in [4.78, 5) is 14.7. The van der Waals surface area contributed by atoms with Gasteiger partial charge in [-0.2, -0.15) is 0 Å². The Morgan fingerprint density at radius 2 is 2.29 bits per heavy atom. The molecule has 4 nitrogen and oxygen atoms in total. The molecule has 0 spiro atoms. The maximum atomic E-state index is 10.7. The van der Waals surface area contributed by atoms with Gasteiger partial charge in [0.15, 0.2) is 0 Å². The zero-order valence-corrected chi connectivity index (χ0v) is 9.26. The minimum absolute atomic E-state index is 0.140. The van der Waals surface area contributed by atoms with Gasteiger partial charge in [-0.3, -0.25) is 0 Å². The summed E-state index contributed by atoms with van der Waals surface area (Å²) in [6.07, 6.45) is 1.86. The fourth-order valence-corrected chi connectivity index (χ4v) is 1.35. The van der Waals surface area contributed by atoms with Gasteiger partial charge < -0.3 is 9.41 Å². The molecule has 0 saturated heterocycles. The third-order valence-corrected chi connectivity index (χ3v) is 2.55. The lowest BCUT2D eigenvalue weighted by atomic mass is 10.2. The Hall–Kier alpha value is -0.940. The van der Waals surface area contributed by atoms with E-state index in [1.165, 1.54) is 24.1 Å². The molecular formula is C8H9ClN2O2S. The lowest BCUT2D eigenvalue weighted by Crippen LogP contribution is -2.09. The van der Waals surface area contributed by atoms with E-state index in [-0.39, 0.29) is 10.7 Å². The summed E-state index contributed by atoms with van der Waals surface area (Å²) < 4.78 is 1.73. The molecule has 0 atom stereocenters. The number of anilines is 1. The Kier molecular flexibility index (Phi) is 3.60. The van der Waals surface area contributed by atoms with Crippen molar-refractivity contribution in [3.63, 3.8) is 0 Å². The zero-order valence-electron chi connectivity index (χ0n) is 7.69. The van der Waals surface area contributed by atoms with Gasteiger partial charge in [-0.25, -0.2) is 9.78 Å². The molecule has 1 heterocycles. The molecule has 1 aromatic heterocycles. The first-order chi connectivity index (χ1) is 6.54. The van der Waals surface area contributed by atoms with Crippen LogP contribution < -0.4 is 4.31 Å². The average Bonchev–Trinajstić information content (AvgIpc) is 2.15. The van der Waals surface area contributed by atoms with E-state index in [1.807, 2.05) is 6.26 Å². The number of nitrogens with zero attached hydrogens (tertiary/aromatic N) is 2. The lowest BCUT2D eigenvalue weighted by Gasteiger charge is -2.14. The zero-order chi connectivity index (χ0) is 10.7. The van der Waals surface area contributed by atoms with Crippen molar-refractivity contribution in [2.75, 3.05) is 17.6 Å². The van der Waals surface area contributed by atoms with Crippen LogP contribution in [0, 0.1) is 0 Å². The molecule has 0 aliphatic carbocycles. The van der Waals surface area contributed by atoms with Gasteiger partial charge in [0.25, 0.3) is 0 Å². The summed E-state index contributed by atoms with van der Waals surface area (Å²) in [7, 11) is 1.79. The Balaban J connectivity index is 3.13. The third kappa shape index (κ3) is 2.52. The monoisotopic (exact) mass is 232 g/mol. The molecule has 1 aromatic rings. The van der Waals surface area contributed by atoms with E-state index in [2.05, 4.69) is 4.98 Å². The fraction of sp³-hybridized carbons (Fsp3) is 0.250. The van der Waals surface area contributed by atoms with Crippen LogP contribution in [0.25, 0.3) is 0 Å². The fourth-order valence-electron chi connectivity index (χ4n) is 0.861. The summed E-state index contributed by atoms with van der Waals surface area (Å²) in [5.41, 5.74) is 0.140. The maximum absolute atomic E-state index is 10.7. The van der Waals surface area contributed by atoms with Crippen molar-refractivity contribution < 1.29 is 9.90 Å². The number of carboxylic acid groups (broad SMARTS) is 1. The van der Waals surface area contributed by atoms with E-state index < -0.39 is 5.97 Å². The van der Waals surface area contributed by atoms with E-state index in [0.717, 1.165) is 0 Å². The van der Waals surface area contributed by atoms with Gasteiger partial charge in [-0.1, -0.05) is 23.5 Å². The number of hydrogen-bond donors (Lipinski definition) is 1. The summed E-state index contributed by atoms with van der Waals surface area (Å²) >= 11 is 7.11. The molecule has 1 rings (SSSR count). The molecule has 1 N–H and O–H groups in total. The maximum Gasteiger partial charge on any atom is 0.335 e. The Morgan fingerprint density at radius 1 is 1.64 bits per heavy atom. The predicted octanol–water partition coefficient (Wildman–Crippen LogP) is 2.15. The van der Waals surface area contributed by atoms with Crippen LogP contribution >= 0.6 is 23.5 Å². The summed E-state index contributed by atoms with van der Waals surface area (Å²) in [6, 6.07) is 2.80. The minimum Gasteiger partial charge on any atom is -0.478 e. The molecule has 0 radical (unpaired) electrons. The Morgan fingerprint density at radius 3 is 2.79 bits per heavy atom. The number of rotatable bonds is 3. The first-order valence-electron chi connectivity index (χ1n) is 3.73. The van der Waals surface area contributed by atoms with Gasteiger partial charge in [0.05, 0.1) is 5.56 Å². The molecule has 6 heteroatoms. The van der Waals surface area contributed by atoms with Crippen LogP contribution in [0.2, 0.25) is 5.15 Å². The number of carbonyl (C=O) groups is 1. The van der Waals surface area contributed by atoms with Crippen LogP contribution in [0.3, 0.4) is 0 Å². The summed E-state index contributed by atoms with van der Waals surface area (Å²) in [6.45, 7) is 0. The number of hydrogen-bond acceptors (Lipinski definition) is 4. The van der Waals surface area contributed by atoms with Gasteiger partial charge in [0.2, 0.25) is 0 Å². The van der Waals surface area contributed by atoms with Crippen LogP contribution in [0.15, 0.2) is 12.1 Å². The molecule has 0 unspecified atom stereocenters. The van der Waals surface area contributed by atoms with Crippen LogP contribution in [-0.4, -0.2) is 29.4 Å². The van der Waals surface area contributed by atoms with Gasteiger partial charge in [-0.05, 0) is 12.1 Å². The van der Waals surface area contributed by atoms with Crippen molar-refractivity contribution in [2.24, 2.45) is 0 Å². The highest BCUT2D eigenvalue weighted by Crippen LogP contribution is 2.20. The molecular weight excluding hydrogens is 224 g/mol. The highest BCUT2D eigenvalue weighted by Gasteiger charge is 2.09. The van der Waals surface area contributed by atoms with E-state index >= 15 is 0 Å². The molecule has 14 heavy (non-hydrogen) atoms. The number of aromatic nitrogens is 1. The molecule has 0 bridgehead atoms. The molecule has 0 aliphatic rings. The van der Waals surface area contributed by atoms with Crippen LogP contribution in [0.5, 0.6) is 0 Å². The van der Waals surface area contributed by atoms with E-state index in [4.69, 9.17) is 16.7 Å². The summed E-state index contributed by atoms with van der Waals surface area (Å²) in [5.74, 6) is -0.479. The second-order valence-corrected chi connectivity index (χ2v) is 3.82. The molecule has 0 aliphatic heterocycles. The van der Waals surface area contributed by atoms with Crippen molar-refractivity contribution in [1.29, 1.82) is 0 Å². The number of aromatic carboxylic acids is 1. The van der Waals surface area contributed by atoms with Gasteiger partial charge in [-0.15, -0.1) is 0 Å². The van der Waals surface area contributed by atoms with E-state index in [9.17, 15) is 4.79 Å². The standard InChI is InChI=1S/C8H9ClN2O2S/c1-11(14-2)7-4-5(8(12)13)3-6(9)10-7/h3-4H,1-2H3,(H,12,13). The molecule has 0 saturated carbocycles. The SMILES string of the molecule is CSN(C)c1cc(C(=O)O)cc(Cl)n1. The second kappa shape index (κ2) is 4.52. The van der Waals surface area contributed by atoms with Crippen LogP contribution in [0.1, 0.15) is 10.4 Å². The van der Waals surface area contributed by atoms with Crippen LogP contribution in [-0.2, 0) is 0 Å². The second-order valence-electron chi connectivity index (χ2n) is 2.52. The highest BCUT2D eigenvalue weighted by atomic mass is 35.5. The smallest absolute Gasteiger partial charge is 0.335 e. The van der Waals surface area contributed by atoms with E-state index in [1.54, 1.807) is 11.4 Å². The number of halogens is 1. The first-order valence-corrected chi connectivity index (χ1v) is 5.29. The number of pyridine rings is 1. The molecule has 0 fully saturated rings. The summed E-state index contributed by atoms with van der Waals surface area (Å²) in [5, 5.41) is 8.96. The van der Waals surface area contributed by atoms with Crippen molar-refractivity contribution in [3.05, 3.63) is 22.8 Å². The Labute approximate surface area is 91.0 Å². The van der Waals surface area contributed by atoms with Gasteiger partial charge in [0.1, 0.15) is 11.0 Å². The van der Waals surface area contributed by atoms with Gasteiger partial charge in [0, 0.05) is 13.3 Å². The van der Waals surface area contributed by atoms with Gasteiger partial charge >= 0.3 is 5.97 Å². The highest BCUT2D eigenvalue weighted by molar-refractivity contribution is 7.99. The lowest BCUT2D eigenvalue weighted by molar-refractivity contribution is 0.0697. The quantitative estimate of drug-likeness (QED) is 0.639. The van der Waals surface area contributed by atoms with E-state index in [0.29, 0.717) is 5.82 Å². The molecule has 0 aromatic carbocycles. The van der Waals surface area contributed by atoms with Crippen molar-refractivity contribution in [1.82, 2.24) is 4.98 Å². The minimum atomic E-state index is -1.01. The first kappa shape index (κ1) is 11.1. The number of carboxylic acids is 1. The van der Waals surface area contributed by atoms with Crippen molar-refractivity contribution >= 4 is 35.3 Å². The van der Waals surface area contributed by atoms with Crippen LogP contribution in [0.4, 0.5) is 5.82 Å². The molecule has 0 amide bonds. The van der Waals surface area contributed by atoms with Crippen molar-refractivity contribution in [3.8, 4) is 0 Å². The largest absolute Gasteiger partial charge is 0.478 e. The normalized spacial score (nSPS) is 9.93. The van der Waals surface area contributed by atoms with Crippen molar-refractivity contribution in [2.45, 2.75) is 0 Å². The topological polar surface area (TPSA) is 53.4 Å². The average molecular weight is 233 g/mol.